The molecule has 1 amide bonds. The van der Waals surface area contributed by atoms with Crippen LogP contribution in [0.5, 0.6) is 11.5 Å². The summed E-state index contributed by atoms with van der Waals surface area (Å²) in [6.45, 7) is 1.95. The number of nitrogens with one attached hydrogen (secondary N) is 1. The first-order valence-electron chi connectivity index (χ1n) is 8.35. The van der Waals surface area contributed by atoms with Crippen molar-refractivity contribution in [2.45, 2.75) is 32.6 Å². The van der Waals surface area contributed by atoms with Crippen molar-refractivity contribution in [1.29, 1.82) is 0 Å². The molecule has 126 valence electrons. The summed E-state index contributed by atoms with van der Waals surface area (Å²) < 4.78 is 10.9. The number of methoxy groups -OCH3 is 1. The second kappa shape index (κ2) is 7.39. The van der Waals surface area contributed by atoms with Gasteiger partial charge in [-0.3, -0.25) is 4.79 Å². The van der Waals surface area contributed by atoms with E-state index in [0.717, 1.165) is 24.1 Å². The van der Waals surface area contributed by atoms with Crippen LogP contribution < -0.4 is 14.8 Å². The number of hydrogen-bond donors (Lipinski definition) is 1. The van der Waals surface area contributed by atoms with Crippen LogP contribution in [-0.2, 0) is 17.6 Å². The third-order valence-electron chi connectivity index (χ3n) is 4.35. The van der Waals surface area contributed by atoms with Gasteiger partial charge in [0.15, 0.2) is 18.1 Å². The van der Waals surface area contributed by atoms with E-state index in [1.807, 2.05) is 37.3 Å². The van der Waals surface area contributed by atoms with Crippen LogP contribution in [0.25, 0.3) is 0 Å². The molecular weight excluding hydrogens is 302 g/mol. The molecule has 3 rings (SSSR count). The molecule has 1 aliphatic carbocycles. The van der Waals surface area contributed by atoms with Crippen LogP contribution in [0.4, 0.5) is 5.69 Å². The highest BCUT2D eigenvalue weighted by molar-refractivity contribution is 5.92. The molecule has 0 spiro atoms. The lowest BCUT2D eigenvalue weighted by molar-refractivity contribution is -0.118. The molecule has 0 unspecified atom stereocenters. The lowest BCUT2D eigenvalue weighted by Crippen LogP contribution is -2.22. The molecule has 0 radical (unpaired) electrons. The monoisotopic (exact) mass is 325 g/mol. The van der Waals surface area contributed by atoms with E-state index in [-0.39, 0.29) is 12.5 Å². The Hall–Kier alpha value is -2.49. The maximum absolute atomic E-state index is 12.3. The highest BCUT2D eigenvalue weighted by atomic mass is 16.5. The van der Waals surface area contributed by atoms with Crippen LogP contribution in [0.3, 0.4) is 0 Å². The van der Waals surface area contributed by atoms with Crippen molar-refractivity contribution in [3.8, 4) is 11.5 Å². The average Bonchev–Trinajstić information content (AvgIpc) is 2.61. The van der Waals surface area contributed by atoms with Crippen LogP contribution in [0.1, 0.15) is 29.5 Å². The fourth-order valence-electron chi connectivity index (χ4n) is 3.12. The highest BCUT2D eigenvalue weighted by Gasteiger charge is 2.15. The second-order valence-corrected chi connectivity index (χ2v) is 6.14. The van der Waals surface area contributed by atoms with Gasteiger partial charge in [0.25, 0.3) is 5.91 Å². The standard InChI is InChI=1S/C20H23NO3/c1-14-10-11-18(19(12-14)23-2)24-13-20(22)21-17-9-5-7-15-6-3-4-8-16(15)17/h5,7,9-12H,3-4,6,8,13H2,1-2H3,(H,21,22). The number of fused-ring (bicyclic) bond motifs is 1. The summed E-state index contributed by atoms with van der Waals surface area (Å²) in [5.41, 5.74) is 4.61. The lowest BCUT2D eigenvalue weighted by Gasteiger charge is -2.19. The lowest BCUT2D eigenvalue weighted by atomic mass is 9.90. The van der Waals surface area contributed by atoms with E-state index >= 15 is 0 Å². The molecule has 0 saturated heterocycles. The fraction of sp³-hybridized carbons (Fsp3) is 0.350. The van der Waals surface area contributed by atoms with Gasteiger partial charge in [-0.15, -0.1) is 0 Å². The molecule has 0 fully saturated rings. The van der Waals surface area contributed by atoms with Crippen LogP contribution in [-0.4, -0.2) is 19.6 Å². The van der Waals surface area contributed by atoms with Crippen molar-refractivity contribution in [2.75, 3.05) is 19.0 Å². The Labute approximate surface area is 142 Å². The van der Waals surface area contributed by atoms with Crippen LogP contribution >= 0.6 is 0 Å². The molecule has 0 bridgehead atoms. The number of anilines is 1. The van der Waals surface area contributed by atoms with Crippen LogP contribution in [0.15, 0.2) is 36.4 Å². The largest absolute Gasteiger partial charge is 0.493 e. The van der Waals surface area contributed by atoms with Crippen molar-refractivity contribution >= 4 is 11.6 Å². The van der Waals surface area contributed by atoms with Gasteiger partial charge >= 0.3 is 0 Å². The number of carbonyl (C=O) groups is 1. The molecule has 0 atom stereocenters. The molecule has 24 heavy (non-hydrogen) atoms. The summed E-state index contributed by atoms with van der Waals surface area (Å²) in [5.74, 6) is 1.06. The van der Waals surface area contributed by atoms with Crippen molar-refractivity contribution in [3.63, 3.8) is 0 Å². The Morgan fingerprint density at radius 1 is 1.12 bits per heavy atom. The number of amides is 1. The molecule has 4 heteroatoms. The predicted molar refractivity (Wildman–Crippen MR) is 94.9 cm³/mol. The van der Waals surface area contributed by atoms with E-state index in [2.05, 4.69) is 11.4 Å². The van der Waals surface area contributed by atoms with Gasteiger partial charge in [-0.2, -0.15) is 0 Å². The van der Waals surface area contributed by atoms with Crippen LogP contribution in [0, 0.1) is 6.92 Å². The van der Waals surface area contributed by atoms with Gasteiger partial charge in [-0.1, -0.05) is 18.2 Å². The Morgan fingerprint density at radius 2 is 1.96 bits per heavy atom. The molecule has 0 aliphatic heterocycles. The molecule has 0 aromatic heterocycles. The molecule has 1 aliphatic rings. The van der Waals surface area contributed by atoms with E-state index < -0.39 is 0 Å². The summed E-state index contributed by atoms with van der Waals surface area (Å²) in [5, 5.41) is 2.98. The van der Waals surface area contributed by atoms with E-state index in [1.165, 1.54) is 24.0 Å². The smallest absolute Gasteiger partial charge is 0.262 e. The zero-order valence-electron chi connectivity index (χ0n) is 14.2. The first-order valence-corrected chi connectivity index (χ1v) is 8.35. The van der Waals surface area contributed by atoms with Crippen molar-refractivity contribution in [1.82, 2.24) is 0 Å². The molecule has 0 saturated carbocycles. The number of aryl methyl sites for hydroxylation is 2. The van der Waals surface area contributed by atoms with E-state index in [1.54, 1.807) is 7.11 Å². The summed E-state index contributed by atoms with van der Waals surface area (Å²) in [6, 6.07) is 11.8. The van der Waals surface area contributed by atoms with Gasteiger partial charge in [0.1, 0.15) is 0 Å². The van der Waals surface area contributed by atoms with Crippen LogP contribution in [0.2, 0.25) is 0 Å². The third-order valence-corrected chi connectivity index (χ3v) is 4.35. The molecule has 2 aromatic rings. The van der Waals surface area contributed by atoms with E-state index in [9.17, 15) is 4.79 Å². The Kier molecular flexibility index (Phi) is 5.04. The predicted octanol–water partition coefficient (Wildman–Crippen LogP) is 3.90. The number of ether oxygens (including phenoxy) is 2. The van der Waals surface area contributed by atoms with Gasteiger partial charge in [0.2, 0.25) is 0 Å². The van der Waals surface area contributed by atoms with Gasteiger partial charge in [-0.25, -0.2) is 0 Å². The Bertz CT molecular complexity index is 740. The van der Waals surface area contributed by atoms with Crippen molar-refractivity contribution in [3.05, 3.63) is 53.1 Å². The summed E-state index contributed by atoms with van der Waals surface area (Å²) in [7, 11) is 1.60. The maximum atomic E-state index is 12.3. The first-order chi connectivity index (χ1) is 11.7. The minimum absolute atomic E-state index is 0.0386. The molecule has 4 nitrogen and oxygen atoms in total. The van der Waals surface area contributed by atoms with Gasteiger partial charge in [-0.05, 0) is 67.5 Å². The number of hydrogen-bond acceptors (Lipinski definition) is 3. The molecule has 1 N–H and O–H groups in total. The SMILES string of the molecule is COc1cc(C)ccc1OCC(=O)Nc1cccc2c1CCCC2. The number of rotatable bonds is 5. The first kappa shape index (κ1) is 16.4. The normalized spacial score (nSPS) is 13.1. The van der Waals surface area contributed by atoms with Crippen molar-refractivity contribution in [2.24, 2.45) is 0 Å². The fourth-order valence-corrected chi connectivity index (χ4v) is 3.12. The highest BCUT2D eigenvalue weighted by Crippen LogP contribution is 2.29. The van der Waals surface area contributed by atoms with Crippen molar-refractivity contribution < 1.29 is 14.3 Å². The average molecular weight is 325 g/mol. The minimum Gasteiger partial charge on any atom is -0.493 e. The quantitative estimate of drug-likeness (QED) is 0.907. The van der Waals surface area contributed by atoms with Gasteiger partial charge in [0.05, 0.1) is 7.11 Å². The summed E-state index contributed by atoms with van der Waals surface area (Å²) >= 11 is 0. The van der Waals surface area contributed by atoms with Gasteiger partial charge < -0.3 is 14.8 Å². The Morgan fingerprint density at radius 3 is 2.79 bits per heavy atom. The van der Waals surface area contributed by atoms with E-state index in [0.29, 0.717) is 11.5 Å². The number of carbonyl (C=O) groups excluding carboxylic acids is 1. The summed E-state index contributed by atoms with van der Waals surface area (Å²) in [4.78, 5) is 12.3. The zero-order chi connectivity index (χ0) is 16.9. The molecule has 2 aromatic carbocycles. The maximum Gasteiger partial charge on any atom is 0.262 e. The zero-order valence-corrected chi connectivity index (χ0v) is 14.2. The number of benzene rings is 2. The minimum atomic E-state index is -0.156. The molecular formula is C20H23NO3. The Balaban J connectivity index is 1.65. The van der Waals surface area contributed by atoms with Gasteiger partial charge in [0, 0.05) is 5.69 Å². The van der Waals surface area contributed by atoms with E-state index in [4.69, 9.17) is 9.47 Å². The second-order valence-electron chi connectivity index (χ2n) is 6.14. The summed E-state index contributed by atoms with van der Waals surface area (Å²) in [6.07, 6.45) is 4.52. The topological polar surface area (TPSA) is 47.6 Å². The molecule has 0 heterocycles. The third kappa shape index (κ3) is 3.70.